The first-order chi connectivity index (χ1) is 19.2. The zero-order valence-electron chi connectivity index (χ0n) is 23.1. The first-order valence-corrected chi connectivity index (χ1v) is 13.3. The molecule has 1 saturated heterocycles. The summed E-state index contributed by atoms with van der Waals surface area (Å²) in [6.07, 6.45) is 6.20. The first kappa shape index (κ1) is 29.6. The van der Waals surface area contributed by atoms with Gasteiger partial charge in [-0.25, -0.2) is 9.98 Å². The van der Waals surface area contributed by atoms with Gasteiger partial charge in [-0.2, -0.15) is 16.4 Å². The Morgan fingerprint density at radius 2 is 1.80 bits per heavy atom. The van der Waals surface area contributed by atoms with E-state index in [0.29, 0.717) is 49.4 Å². The van der Waals surface area contributed by atoms with Crippen LogP contribution < -0.4 is 62.9 Å². The van der Waals surface area contributed by atoms with Gasteiger partial charge >= 0.3 is 58.2 Å². The fourth-order valence-corrected chi connectivity index (χ4v) is 5.48. The van der Waals surface area contributed by atoms with Crippen molar-refractivity contribution >= 4 is 23.3 Å². The molecule has 40 heavy (non-hydrogen) atoms. The maximum Gasteiger partial charge on any atom is 1.00 e. The second-order valence-electron chi connectivity index (χ2n) is 9.86. The van der Waals surface area contributed by atoms with Gasteiger partial charge in [-0.05, 0) is 25.0 Å². The molecule has 3 heterocycles. The molecule has 6 rings (SSSR count). The molecule has 0 bridgehead atoms. The van der Waals surface area contributed by atoms with Crippen LogP contribution in [0.3, 0.4) is 0 Å². The summed E-state index contributed by atoms with van der Waals surface area (Å²) < 4.78 is 26.9. The Labute approximate surface area is 283 Å². The molecule has 2 aromatic carbocycles. The average Bonchev–Trinajstić information content (AvgIpc) is 3.66. The van der Waals surface area contributed by atoms with Gasteiger partial charge in [0.25, 0.3) is 5.95 Å². The van der Waals surface area contributed by atoms with Crippen LogP contribution in [-0.4, -0.2) is 50.8 Å². The number of hydrogen-bond acceptors (Lipinski definition) is 8. The minimum Gasteiger partial charge on any atom is -0.471 e. The summed E-state index contributed by atoms with van der Waals surface area (Å²) in [5.41, 5.74) is 2.82. The Balaban J connectivity index is 0.00000323. The van der Waals surface area contributed by atoms with Crippen LogP contribution in [0.25, 0.3) is 11.2 Å². The normalized spacial score (nSPS) is 24.2. The molecule has 0 radical (unpaired) electrons. The molecule has 4 aromatic rings. The number of aromatic nitrogens is 4. The summed E-state index contributed by atoms with van der Waals surface area (Å²) in [5.74, 6) is 0.766. The summed E-state index contributed by atoms with van der Waals surface area (Å²) in [7, 11) is 0. The molecular formula is C30H32N5O4Rb. The standard InChI is InChI=1S/C30H32N5O4.Rb/c1-3-31-29-33-27-26(28(34-29)37-17-23-12-8-5-9-13-23)32-20-35(27)25-15-14-24(30(25)19-38-21(2)39-30)18-36-16-22-10-6-4-7-11-22;/h3-14,20-21,24-25H,15-19H2,1-2H3;/q-1;+1/b31-3+;/t21?,24-,25-,30-;/m0./s1. The second-order valence-corrected chi connectivity index (χ2v) is 9.86. The van der Waals surface area contributed by atoms with E-state index in [1.165, 1.54) is 0 Å². The molecule has 202 valence electrons. The van der Waals surface area contributed by atoms with Crippen LogP contribution in [0.2, 0.25) is 0 Å². The van der Waals surface area contributed by atoms with E-state index in [0.717, 1.165) is 17.5 Å². The van der Waals surface area contributed by atoms with E-state index in [9.17, 15) is 0 Å². The molecule has 0 amide bonds. The fraction of sp³-hybridized carbons (Fsp3) is 0.367. The van der Waals surface area contributed by atoms with E-state index in [2.05, 4.69) is 33.1 Å². The van der Waals surface area contributed by atoms with Crippen LogP contribution in [0.1, 0.15) is 37.4 Å². The molecule has 9 nitrogen and oxygen atoms in total. The van der Waals surface area contributed by atoms with E-state index in [-0.39, 0.29) is 76.4 Å². The van der Waals surface area contributed by atoms with Gasteiger partial charge in [0.2, 0.25) is 5.88 Å². The second kappa shape index (κ2) is 13.4. The van der Waals surface area contributed by atoms with Crippen molar-refractivity contribution in [1.82, 2.24) is 19.5 Å². The molecule has 2 aliphatic rings. The number of imidazole rings is 1. The minimum atomic E-state index is -0.603. The third-order valence-electron chi connectivity index (χ3n) is 7.35. The van der Waals surface area contributed by atoms with Gasteiger partial charge in [-0.15, -0.1) is 5.92 Å². The van der Waals surface area contributed by atoms with Crippen LogP contribution in [0.15, 0.2) is 72.0 Å². The summed E-state index contributed by atoms with van der Waals surface area (Å²) in [6.45, 7) is 5.66. The van der Waals surface area contributed by atoms with Crippen LogP contribution in [-0.2, 0) is 27.4 Å². The Hall–Kier alpha value is -1.85. The van der Waals surface area contributed by atoms with Gasteiger partial charge in [-0.1, -0.05) is 60.7 Å². The van der Waals surface area contributed by atoms with Gasteiger partial charge in [0.1, 0.15) is 6.61 Å². The zero-order valence-corrected chi connectivity index (χ0v) is 28.1. The number of nitrogens with zero attached hydrogens (tertiary/aromatic N) is 5. The Morgan fingerprint density at radius 1 is 1.07 bits per heavy atom. The van der Waals surface area contributed by atoms with Crippen LogP contribution in [0.4, 0.5) is 5.95 Å². The number of hydrogen-bond donors (Lipinski definition) is 0. The first-order valence-electron chi connectivity index (χ1n) is 13.3. The predicted octanol–water partition coefficient (Wildman–Crippen LogP) is 2.25. The maximum atomic E-state index is 6.54. The molecule has 1 aliphatic heterocycles. The molecule has 4 atom stereocenters. The zero-order chi connectivity index (χ0) is 26.7. The van der Waals surface area contributed by atoms with Crippen molar-refractivity contribution in [3.63, 3.8) is 0 Å². The Morgan fingerprint density at radius 3 is 2.48 bits per heavy atom. The van der Waals surface area contributed by atoms with Crippen molar-refractivity contribution in [2.75, 3.05) is 13.2 Å². The van der Waals surface area contributed by atoms with E-state index in [1.807, 2.05) is 62.4 Å². The van der Waals surface area contributed by atoms with Crippen LogP contribution >= 0.6 is 0 Å². The SMILES string of the molecule is C/C=N/c1nc(OCc2ccccc2)c2ncn([C@H]3C[CH-][C@@H](COCc4ccccc4)[C@@]34COC(C)O4)c2n1.[Rb+]. The number of ether oxygens (including phenoxy) is 4. The third-order valence-corrected chi connectivity index (χ3v) is 7.35. The minimum absolute atomic E-state index is 0. The monoisotopic (exact) mass is 611 g/mol. The van der Waals surface area contributed by atoms with Crippen LogP contribution in [0, 0.1) is 12.3 Å². The molecule has 1 aliphatic carbocycles. The average molecular weight is 612 g/mol. The Kier molecular flexibility index (Phi) is 9.94. The van der Waals surface area contributed by atoms with E-state index >= 15 is 0 Å². The van der Waals surface area contributed by atoms with Gasteiger partial charge < -0.3 is 29.9 Å². The van der Waals surface area contributed by atoms with Crippen molar-refractivity contribution in [3.8, 4) is 5.88 Å². The van der Waals surface area contributed by atoms with E-state index in [1.54, 1.807) is 12.5 Å². The summed E-state index contributed by atoms with van der Waals surface area (Å²) in [5, 5.41) is 0. The van der Waals surface area contributed by atoms with Gasteiger partial charge in [0.05, 0.1) is 25.1 Å². The summed E-state index contributed by atoms with van der Waals surface area (Å²) in [4.78, 5) is 18.3. The van der Waals surface area contributed by atoms with E-state index < -0.39 is 5.60 Å². The summed E-state index contributed by atoms with van der Waals surface area (Å²) in [6, 6.07) is 20.1. The predicted molar refractivity (Wildman–Crippen MR) is 147 cm³/mol. The molecule has 0 N–H and O–H groups in total. The molecule has 2 aromatic heterocycles. The number of aliphatic imine (C=N–C) groups is 1. The fourth-order valence-electron chi connectivity index (χ4n) is 5.48. The Bertz CT molecular complexity index is 1430. The molecular weight excluding hydrogens is 580 g/mol. The maximum absolute atomic E-state index is 6.54. The van der Waals surface area contributed by atoms with Gasteiger partial charge in [0.15, 0.2) is 17.5 Å². The topological polar surface area (TPSA) is 92.9 Å². The third kappa shape index (κ3) is 6.16. The number of fused-ring (bicyclic) bond motifs is 1. The molecule has 1 spiro atoms. The van der Waals surface area contributed by atoms with Crippen molar-refractivity contribution < 1.29 is 77.1 Å². The quantitative estimate of drug-likeness (QED) is 0.212. The number of rotatable bonds is 9. The van der Waals surface area contributed by atoms with Gasteiger partial charge in [-0.3, -0.25) is 0 Å². The van der Waals surface area contributed by atoms with Crippen molar-refractivity contribution in [3.05, 3.63) is 84.5 Å². The molecule has 10 heteroatoms. The molecule has 1 saturated carbocycles. The van der Waals surface area contributed by atoms with E-state index in [4.69, 9.17) is 28.9 Å². The van der Waals surface area contributed by atoms with Crippen LogP contribution in [0.5, 0.6) is 5.88 Å². The van der Waals surface area contributed by atoms with Crippen molar-refractivity contribution in [2.24, 2.45) is 10.9 Å². The largest absolute Gasteiger partial charge is 1.00 e. The number of benzene rings is 2. The molecule has 2 fully saturated rings. The smallest absolute Gasteiger partial charge is 0.471 e. The van der Waals surface area contributed by atoms with Crippen molar-refractivity contribution in [2.45, 2.75) is 51.4 Å². The van der Waals surface area contributed by atoms with Crippen molar-refractivity contribution in [1.29, 1.82) is 0 Å². The molecule has 1 unspecified atom stereocenters. The van der Waals surface area contributed by atoms with Gasteiger partial charge in [0, 0.05) is 18.9 Å². The summed E-state index contributed by atoms with van der Waals surface area (Å²) >= 11 is 0.